The van der Waals surface area contributed by atoms with Gasteiger partial charge in [0.15, 0.2) is 0 Å². The lowest BCUT2D eigenvalue weighted by Crippen LogP contribution is -2.29. The number of anilines is 1. The van der Waals surface area contributed by atoms with Gasteiger partial charge in [-0.25, -0.2) is 8.42 Å². The Labute approximate surface area is 175 Å². The molecule has 2 aromatic carbocycles. The van der Waals surface area contributed by atoms with E-state index in [0.717, 1.165) is 24.8 Å². The average molecular weight is 417 g/mol. The topological polar surface area (TPSA) is 66.5 Å². The Balaban J connectivity index is 2.05. The molecule has 0 saturated carbocycles. The van der Waals surface area contributed by atoms with Gasteiger partial charge in [-0.15, -0.1) is 0 Å². The van der Waals surface area contributed by atoms with Crippen molar-refractivity contribution in [2.75, 3.05) is 17.9 Å². The molecule has 0 saturated heterocycles. The van der Waals surface area contributed by atoms with Gasteiger partial charge in [0.05, 0.1) is 10.6 Å². The number of nitrogens with one attached hydrogen (secondary N) is 1. The molecule has 0 radical (unpaired) electrons. The smallest absolute Gasteiger partial charge is 0.264 e. The number of nitrogens with zero attached hydrogens (tertiary/aromatic N) is 1. The Morgan fingerprint density at radius 2 is 1.66 bits per heavy atom. The second kappa shape index (κ2) is 10.4. The molecule has 0 spiro atoms. The van der Waals surface area contributed by atoms with E-state index in [9.17, 15) is 13.2 Å². The van der Waals surface area contributed by atoms with Crippen LogP contribution in [-0.2, 0) is 10.0 Å². The maximum absolute atomic E-state index is 12.8. The van der Waals surface area contributed by atoms with E-state index in [1.165, 1.54) is 17.8 Å². The van der Waals surface area contributed by atoms with Gasteiger partial charge < -0.3 is 5.32 Å². The minimum atomic E-state index is -3.64. The third-order valence-electron chi connectivity index (χ3n) is 5.27. The van der Waals surface area contributed by atoms with Crippen LogP contribution in [0.2, 0.25) is 0 Å². The van der Waals surface area contributed by atoms with Crippen molar-refractivity contribution in [1.82, 2.24) is 5.32 Å². The fraction of sp³-hybridized carbons (Fsp3) is 0.435. The fourth-order valence-electron chi connectivity index (χ4n) is 3.11. The highest BCUT2D eigenvalue weighted by molar-refractivity contribution is 7.92. The van der Waals surface area contributed by atoms with Gasteiger partial charge in [0, 0.05) is 19.2 Å². The molecule has 2 aromatic rings. The van der Waals surface area contributed by atoms with E-state index in [4.69, 9.17) is 0 Å². The van der Waals surface area contributed by atoms with Gasteiger partial charge in [0.25, 0.3) is 15.9 Å². The van der Waals surface area contributed by atoms with E-state index in [-0.39, 0.29) is 10.8 Å². The van der Waals surface area contributed by atoms with E-state index >= 15 is 0 Å². The predicted molar refractivity (Wildman–Crippen MR) is 119 cm³/mol. The van der Waals surface area contributed by atoms with Crippen LogP contribution in [0.1, 0.15) is 55.5 Å². The van der Waals surface area contributed by atoms with Crippen molar-refractivity contribution < 1.29 is 13.2 Å². The van der Waals surface area contributed by atoms with Crippen LogP contribution >= 0.6 is 0 Å². The molecular formula is C23H32N2O3S. The number of benzene rings is 2. The monoisotopic (exact) mass is 416 g/mol. The lowest BCUT2D eigenvalue weighted by atomic mass is 9.99. The van der Waals surface area contributed by atoms with Gasteiger partial charge in [0.1, 0.15) is 0 Å². The second-order valence-corrected chi connectivity index (χ2v) is 9.43. The summed E-state index contributed by atoms with van der Waals surface area (Å²) >= 11 is 0. The van der Waals surface area contributed by atoms with E-state index in [2.05, 4.69) is 19.2 Å². The largest absolute Gasteiger partial charge is 0.352 e. The zero-order chi connectivity index (χ0) is 21.4. The molecule has 0 heterocycles. The summed E-state index contributed by atoms with van der Waals surface area (Å²) in [5.74, 6) is 0.361. The van der Waals surface area contributed by atoms with E-state index in [0.29, 0.717) is 23.7 Å². The molecule has 2 rings (SSSR count). The molecule has 1 N–H and O–H groups in total. The van der Waals surface area contributed by atoms with Gasteiger partial charge in [-0.1, -0.05) is 50.8 Å². The van der Waals surface area contributed by atoms with Gasteiger partial charge in [-0.05, 0) is 55.7 Å². The highest BCUT2D eigenvalue weighted by atomic mass is 32.2. The highest BCUT2D eigenvalue weighted by Crippen LogP contribution is 2.23. The predicted octanol–water partition coefficient (Wildman–Crippen LogP) is 4.77. The first-order valence-electron chi connectivity index (χ1n) is 10.2. The number of unbranched alkanes of at least 4 members (excludes halogenated alkanes) is 1. The van der Waals surface area contributed by atoms with Gasteiger partial charge in [-0.2, -0.15) is 0 Å². The summed E-state index contributed by atoms with van der Waals surface area (Å²) in [7, 11) is -2.13. The lowest BCUT2D eigenvalue weighted by molar-refractivity contribution is 0.0946. The molecule has 0 fully saturated rings. The first-order chi connectivity index (χ1) is 13.8. The van der Waals surface area contributed by atoms with Gasteiger partial charge >= 0.3 is 0 Å². The zero-order valence-electron chi connectivity index (χ0n) is 17.8. The number of aryl methyl sites for hydroxylation is 1. The fourth-order valence-corrected chi connectivity index (χ4v) is 4.31. The molecule has 6 heteroatoms. The van der Waals surface area contributed by atoms with Crippen LogP contribution in [0, 0.1) is 12.8 Å². The Morgan fingerprint density at radius 1 is 1.03 bits per heavy atom. The SMILES string of the molecule is CCCCC(CC)CNC(=O)c1ccc(N(C)S(=O)(=O)c2ccc(C)cc2)cc1. The number of hydrogen-bond acceptors (Lipinski definition) is 3. The average Bonchev–Trinajstić information content (AvgIpc) is 2.73. The summed E-state index contributed by atoms with van der Waals surface area (Å²) in [4.78, 5) is 12.7. The van der Waals surface area contributed by atoms with Crippen LogP contribution < -0.4 is 9.62 Å². The molecule has 5 nitrogen and oxygen atoms in total. The normalized spacial score (nSPS) is 12.4. The molecule has 0 aliphatic carbocycles. The second-order valence-electron chi connectivity index (χ2n) is 7.46. The summed E-state index contributed by atoms with van der Waals surface area (Å²) in [6, 6.07) is 13.4. The summed E-state index contributed by atoms with van der Waals surface area (Å²) in [5.41, 5.74) is 2.04. The van der Waals surface area contributed by atoms with Crippen LogP contribution in [0.4, 0.5) is 5.69 Å². The maximum atomic E-state index is 12.8. The highest BCUT2D eigenvalue weighted by Gasteiger charge is 2.21. The van der Waals surface area contributed by atoms with Crippen LogP contribution in [0.5, 0.6) is 0 Å². The molecule has 0 aliphatic rings. The minimum Gasteiger partial charge on any atom is -0.352 e. The third kappa shape index (κ3) is 6.07. The van der Waals surface area contributed by atoms with Gasteiger partial charge in [-0.3, -0.25) is 9.10 Å². The van der Waals surface area contributed by atoms with Crippen LogP contribution in [0.25, 0.3) is 0 Å². The molecule has 29 heavy (non-hydrogen) atoms. The van der Waals surface area contributed by atoms with Gasteiger partial charge in [0.2, 0.25) is 0 Å². The Morgan fingerprint density at radius 3 is 2.21 bits per heavy atom. The maximum Gasteiger partial charge on any atom is 0.264 e. The number of sulfonamides is 1. The van der Waals surface area contributed by atoms with Crippen LogP contribution in [0.15, 0.2) is 53.4 Å². The summed E-state index contributed by atoms with van der Waals surface area (Å²) in [6.07, 6.45) is 4.49. The minimum absolute atomic E-state index is 0.129. The summed E-state index contributed by atoms with van der Waals surface area (Å²) in [6.45, 7) is 6.89. The molecule has 1 atom stereocenters. The van der Waals surface area contributed by atoms with Crippen LogP contribution in [0.3, 0.4) is 0 Å². The Kier molecular flexibility index (Phi) is 8.26. The first kappa shape index (κ1) is 22.9. The molecule has 1 amide bonds. The molecule has 158 valence electrons. The number of hydrogen-bond donors (Lipinski definition) is 1. The standard InChI is InChI=1S/C23H32N2O3S/c1-5-7-8-19(6-2)17-24-23(26)20-11-13-21(14-12-20)25(4)29(27,28)22-15-9-18(3)10-16-22/h9-16,19H,5-8,17H2,1-4H3,(H,24,26). The van der Waals surface area contributed by atoms with E-state index in [1.807, 2.05) is 6.92 Å². The van der Waals surface area contributed by atoms with Crippen molar-refractivity contribution in [3.63, 3.8) is 0 Å². The molecule has 0 aliphatic heterocycles. The van der Waals surface area contributed by atoms with Crippen LogP contribution in [-0.4, -0.2) is 27.9 Å². The number of rotatable bonds is 10. The quantitative estimate of drug-likeness (QED) is 0.607. The van der Waals surface area contributed by atoms with Crippen molar-refractivity contribution in [1.29, 1.82) is 0 Å². The van der Waals surface area contributed by atoms with E-state index < -0.39 is 10.0 Å². The van der Waals surface area contributed by atoms with Crippen molar-refractivity contribution in [2.45, 2.75) is 51.3 Å². The molecular weight excluding hydrogens is 384 g/mol. The Bertz CT molecular complexity index is 891. The first-order valence-corrected chi connectivity index (χ1v) is 11.7. The van der Waals surface area contributed by atoms with Crippen molar-refractivity contribution in [3.8, 4) is 0 Å². The number of amides is 1. The van der Waals surface area contributed by atoms with Crippen molar-refractivity contribution in [2.24, 2.45) is 5.92 Å². The molecule has 1 unspecified atom stereocenters. The Hall–Kier alpha value is -2.34. The summed E-state index contributed by atoms with van der Waals surface area (Å²) < 4.78 is 26.8. The number of carbonyl (C=O) groups excluding carboxylic acids is 1. The third-order valence-corrected chi connectivity index (χ3v) is 7.07. The van der Waals surface area contributed by atoms with E-state index in [1.54, 1.807) is 48.5 Å². The lowest BCUT2D eigenvalue weighted by Gasteiger charge is -2.20. The zero-order valence-corrected chi connectivity index (χ0v) is 18.6. The van der Waals surface area contributed by atoms with Crippen molar-refractivity contribution in [3.05, 3.63) is 59.7 Å². The molecule has 0 bridgehead atoms. The molecule has 0 aromatic heterocycles. The van der Waals surface area contributed by atoms with Crippen molar-refractivity contribution >= 4 is 21.6 Å². The number of carbonyl (C=O) groups is 1. The summed E-state index contributed by atoms with van der Waals surface area (Å²) in [5, 5.41) is 3.00.